The van der Waals surface area contributed by atoms with Crippen molar-refractivity contribution in [2.45, 2.75) is 32.4 Å². The topological polar surface area (TPSA) is 21.3 Å². The Bertz CT molecular complexity index is 661. The zero-order chi connectivity index (χ0) is 16.8. The second-order valence-corrected chi connectivity index (χ2v) is 6.78. The summed E-state index contributed by atoms with van der Waals surface area (Å²) in [6, 6.07) is 11.8. The highest BCUT2D eigenvalue weighted by Crippen LogP contribution is 2.24. The molecule has 1 atom stereocenters. The van der Waals surface area contributed by atoms with E-state index in [-0.39, 0.29) is 0 Å². The van der Waals surface area contributed by atoms with Crippen LogP contribution in [0.2, 0.25) is 15.1 Å². The third-order valence-electron chi connectivity index (χ3n) is 3.74. The van der Waals surface area contributed by atoms with Crippen molar-refractivity contribution >= 4 is 34.8 Å². The van der Waals surface area contributed by atoms with Crippen LogP contribution < -0.4 is 10.1 Å². The standard InChI is InChI=1S/C18H20Cl3NO/c1-12(3-4-13-5-8-16(20)17(21)9-13)22-11-14-6-7-15(19)10-18(14)23-2/h5-10,12,22H,3-4,11H2,1-2H3. The highest BCUT2D eigenvalue weighted by Gasteiger charge is 2.07. The van der Waals surface area contributed by atoms with Crippen LogP contribution in [-0.2, 0) is 13.0 Å². The largest absolute Gasteiger partial charge is 0.496 e. The molecule has 0 radical (unpaired) electrons. The van der Waals surface area contributed by atoms with E-state index in [9.17, 15) is 0 Å². The zero-order valence-electron chi connectivity index (χ0n) is 13.2. The molecular weight excluding hydrogens is 353 g/mol. The fraction of sp³-hybridized carbons (Fsp3) is 0.333. The summed E-state index contributed by atoms with van der Waals surface area (Å²) in [5.74, 6) is 0.807. The van der Waals surface area contributed by atoms with E-state index in [1.54, 1.807) is 7.11 Å². The molecule has 0 aliphatic heterocycles. The minimum Gasteiger partial charge on any atom is -0.496 e. The van der Waals surface area contributed by atoms with Crippen molar-refractivity contribution in [3.63, 3.8) is 0 Å². The lowest BCUT2D eigenvalue weighted by Gasteiger charge is -2.16. The van der Waals surface area contributed by atoms with Gasteiger partial charge in [-0.3, -0.25) is 0 Å². The van der Waals surface area contributed by atoms with E-state index >= 15 is 0 Å². The summed E-state index contributed by atoms with van der Waals surface area (Å²) in [6.07, 6.45) is 1.96. The van der Waals surface area contributed by atoms with Crippen LogP contribution in [0.4, 0.5) is 0 Å². The average molecular weight is 373 g/mol. The fourth-order valence-corrected chi connectivity index (χ4v) is 2.81. The Morgan fingerprint density at radius 2 is 1.83 bits per heavy atom. The van der Waals surface area contributed by atoms with Crippen LogP contribution in [-0.4, -0.2) is 13.2 Å². The van der Waals surface area contributed by atoms with Crippen LogP contribution in [0.1, 0.15) is 24.5 Å². The van der Waals surface area contributed by atoms with Gasteiger partial charge in [0.05, 0.1) is 17.2 Å². The van der Waals surface area contributed by atoms with Crippen molar-refractivity contribution in [1.82, 2.24) is 5.32 Å². The molecule has 0 amide bonds. The number of nitrogens with one attached hydrogen (secondary N) is 1. The summed E-state index contributed by atoms with van der Waals surface area (Å²) in [4.78, 5) is 0. The Kier molecular flexibility index (Phi) is 7.04. The van der Waals surface area contributed by atoms with E-state index in [4.69, 9.17) is 39.5 Å². The van der Waals surface area contributed by atoms with Gasteiger partial charge < -0.3 is 10.1 Å². The van der Waals surface area contributed by atoms with Crippen LogP contribution in [0.3, 0.4) is 0 Å². The quantitative estimate of drug-likeness (QED) is 0.666. The predicted molar refractivity (Wildman–Crippen MR) is 99.1 cm³/mol. The van der Waals surface area contributed by atoms with Crippen molar-refractivity contribution in [3.8, 4) is 5.75 Å². The van der Waals surface area contributed by atoms with E-state index < -0.39 is 0 Å². The molecule has 0 aromatic heterocycles. The molecule has 2 aromatic rings. The van der Waals surface area contributed by atoms with Gasteiger partial charge in [0.25, 0.3) is 0 Å². The summed E-state index contributed by atoms with van der Waals surface area (Å²) in [5, 5.41) is 5.39. The molecule has 0 fully saturated rings. The molecule has 2 nitrogen and oxygen atoms in total. The van der Waals surface area contributed by atoms with Crippen molar-refractivity contribution in [2.24, 2.45) is 0 Å². The number of ether oxygens (including phenoxy) is 1. The number of benzene rings is 2. The highest BCUT2D eigenvalue weighted by molar-refractivity contribution is 6.42. The lowest BCUT2D eigenvalue weighted by molar-refractivity contribution is 0.405. The van der Waals surface area contributed by atoms with E-state index in [0.29, 0.717) is 21.1 Å². The van der Waals surface area contributed by atoms with Crippen LogP contribution in [0, 0.1) is 0 Å². The number of methoxy groups -OCH3 is 1. The number of aryl methyl sites for hydroxylation is 1. The van der Waals surface area contributed by atoms with Crippen molar-refractivity contribution < 1.29 is 4.74 Å². The van der Waals surface area contributed by atoms with Gasteiger partial charge in [0.15, 0.2) is 0 Å². The van der Waals surface area contributed by atoms with Crippen LogP contribution in [0.5, 0.6) is 5.75 Å². The summed E-state index contributed by atoms with van der Waals surface area (Å²) in [7, 11) is 1.66. The number of hydrogen-bond acceptors (Lipinski definition) is 2. The maximum Gasteiger partial charge on any atom is 0.124 e. The number of rotatable bonds is 7. The van der Waals surface area contributed by atoms with E-state index in [1.807, 2.05) is 36.4 Å². The second kappa shape index (κ2) is 8.79. The summed E-state index contributed by atoms with van der Waals surface area (Å²) < 4.78 is 5.36. The van der Waals surface area contributed by atoms with Gasteiger partial charge >= 0.3 is 0 Å². The monoisotopic (exact) mass is 371 g/mol. The molecule has 23 heavy (non-hydrogen) atoms. The Morgan fingerprint density at radius 3 is 2.52 bits per heavy atom. The lowest BCUT2D eigenvalue weighted by atomic mass is 10.1. The highest BCUT2D eigenvalue weighted by atomic mass is 35.5. The molecule has 1 unspecified atom stereocenters. The molecule has 5 heteroatoms. The molecule has 2 aromatic carbocycles. The minimum absolute atomic E-state index is 0.366. The normalized spacial score (nSPS) is 12.2. The molecule has 2 rings (SSSR count). The van der Waals surface area contributed by atoms with Gasteiger partial charge in [-0.2, -0.15) is 0 Å². The Labute approximate surface area is 152 Å². The molecule has 124 valence electrons. The molecule has 0 saturated heterocycles. The molecule has 0 bridgehead atoms. The first-order chi connectivity index (χ1) is 11.0. The van der Waals surface area contributed by atoms with Gasteiger partial charge in [0, 0.05) is 23.2 Å². The molecular formula is C18H20Cl3NO. The van der Waals surface area contributed by atoms with Crippen LogP contribution in [0.25, 0.3) is 0 Å². The van der Waals surface area contributed by atoms with Crippen molar-refractivity contribution in [1.29, 1.82) is 0 Å². The lowest BCUT2D eigenvalue weighted by Crippen LogP contribution is -2.26. The van der Waals surface area contributed by atoms with Gasteiger partial charge in [-0.05, 0) is 49.6 Å². The maximum absolute atomic E-state index is 6.04. The fourth-order valence-electron chi connectivity index (χ4n) is 2.33. The molecule has 0 heterocycles. The Morgan fingerprint density at radius 1 is 1.04 bits per heavy atom. The van der Waals surface area contributed by atoms with E-state index in [0.717, 1.165) is 30.7 Å². The molecule has 1 N–H and O–H groups in total. The van der Waals surface area contributed by atoms with Crippen LogP contribution >= 0.6 is 34.8 Å². The zero-order valence-corrected chi connectivity index (χ0v) is 15.5. The summed E-state index contributed by atoms with van der Waals surface area (Å²) in [6.45, 7) is 2.91. The van der Waals surface area contributed by atoms with Gasteiger partial charge in [-0.15, -0.1) is 0 Å². The van der Waals surface area contributed by atoms with Gasteiger partial charge in [-0.25, -0.2) is 0 Å². The molecule has 0 saturated carbocycles. The summed E-state index contributed by atoms with van der Waals surface area (Å²) >= 11 is 18.0. The van der Waals surface area contributed by atoms with Gasteiger partial charge in [0.1, 0.15) is 5.75 Å². The minimum atomic E-state index is 0.366. The third kappa shape index (κ3) is 5.58. The Balaban J connectivity index is 1.85. The SMILES string of the molecule is COc1cc(Cl)ccc1CNC(C)CCc1ccc(Cl)c(Cl)c1. The average Bonchev–Trinajstić information content (AvgIpc) is 2.54. The first-order valence-corrected chi connectivity index (χ1v) is 8.62. The first kappa shape index (κ1) is 18.4. The van der Waals surface area contributed by atoms with Crippen molar-refractivity contribution in [3.05, 3.63) is 62.6 Å². The molecule has 0 spiro atoms. The number of hydrogen-bond donors (Lipinski definition) is 1. The number of halogens is 3. The van der Waals surface area contributed by atoms with Crippen LogP contribution in [0.15, 0.2) is 36.4 Å². The smallest absolute Gasteiger partial charge is 0.124 e. The predicted octanol–water partition coefficient (Wildman–Crippen LogP) is 5.77. The second-order valence-electron chi connectivity index (χ2n) is 5.53. The maximum atomic E-state index is 6.04. The van der Waals surface area contributed by atoms with Gasteiger partial charge in [0.2, 0.25) is 0 Å². The first-order valence-electron chi connectivity index (χ1n) is 7.49. The third-order valence-corrected chi connectivity index (χ3v) is 4.71. The van der Waals surface area contributed by atoms with E-state index in [1.165, 1.54) is 5.56 Å². The summed E-state index contributed by atoms with van der Waals surface area (Å²) in [5.41, 5.74) is 2.29. The van der Waals surface area contributed by atoms with Crippen molar-refractivity contribution in [2.75, 3.05) is 7.11 Å². The Hall–Kier alpha value is -0.930. The molecule has 0 aliphatic carbocycles. The van der Waals surface area contributed by atoms with Gasteiger partial charge in [-0.1, -0.05) is 46.9 Å². The molecule has 0 aliphatic rings. The van der Waals surface area contributed by atoms with E-state index in [2.05, 4.69) is 12.2 Å².